The zero-order valence-electron chi connectivity index (χ0n) is 10.5. The van der Waals surface area contributed by atoms with Crippen LogP contribution in [0.3, 0.4) is 0 Å². The molecule has 0 saturated heterocycles. The Morgan fingerprint density at radius 2 is 1.30 bits per heavy atom. The maximum atomic E-state index is 12.8. The van der Waals surface area contributed by atoms with E-state index in [4.69, 9.17) is 0 Å². The summed E-state index contributed by atoms with van der Waals surface area (Å²) < 4.78 is 38.4. The highest BCUT2D eigenvalue weighted by molar-refractivity contribution is 5.86. The SMILES string of the molecule is FC(F)(F)c1cccc(-c2ccc3cccccc2-3)c1. The molecular weight excluding hydrogens is 261 g/mol. The fourth-order valence-electron chi connectivity index (χ4n) is 2.33. The van der Waals surface area contributed by atoms with E-state index in [0.29, 0.717) is 5.56 Å². The number of rotatable bonds is 1. The van der Waals surface area contributed by atoms with Gasteiger partial charge in [-0.05, 0) is 34.4 Å². The molecule has 1 aromatic rings. The van der Waals surface area contributed by atoms with Gasteiger partial charge in [-0.15, -0.1) is 0 Å². The van der Waals surface area contributed by atoms with Gasteiger partial charge >= 0.3 is 6.18 Å². The van der Waals surface area contributed by atoms with E-state index in [2.05, 4.69) is 0 Å². The third kappa shape index (κ3) is 2.27. The van der Waals surface area contributed by atoms with Crippen LogP contribution in [0.1, 0.15) is 5.56 Å². The lowest BCUT2D eigenvalue weighted by atomic mass is 10.0. The van der Waals surface area contributed by atoms with Crippen molar-refractivity contribution in [2.45, 2.75) is 6.18 Å². The minimum absolute atomic E-state index is 0.584. The second-order valence-corrected chi connectivity index (χ2v) is 4.61. The van der Waals surface area contributed by atoms with Crippen LogP contribution in [-0.4, -0.2) is 0 Å². The van der Waals surface area contributed by atoms with Crippen LogP contribution in [0.4, 0.5) is 13.2 Å². The van der Waals surface area contributed by atoms with E-state index in [1.54, 1.807) is 6.07 Å². The maximum absolute atomic E-state index is 12.8. The lowest BCUT2D eigenvalue weighted by molar-refractivity contribution is -0.137. The molecule has 0 nitrogen and oxygen atoms in total. The van der Waals surface area contributed by atoms with E-state index < -0.39 is 11.7 Å². The van der Waals surface area contributed by atoms with Crippen molar-refractivity contribution in [3.63, 3.8) is 0 Å². The molecule has 0 N–H and O–H groups in total. The molecule has 0 spiro atoms. The van der Waals surface area contributed by atoms with Crippen LogP contribution in [-0.2, 0) is 6.18 Å². The summed E-state index contributed by atoms with van der Waals surface area (Å²) in [6.45, 7) is 0. The molecule has 0 radical (unpaired) electrons. The van der Waals surface area contributed by atoms with Crippen molar-refractivity contribution in [1.29, 1.82) is 0 Å². The second kappa shape index (κ2) is 4.67. The molecule has 0 fully saturated rings. The summed E-state index contributed by atoms with van der Waals surface area (Å²) in [5.74, 6) is 0. The van der Waals surface area contributed by atoms with Gasteiger partial charge in [0.15, 0.2) is 0 Å². The van der Waals surface area contributed by atoms with Crippen molar-refractivity contribution in [1.82, 2.24) is 0 Å². The third-order valence-corrected chi connectivity index (χ3v) is 3.29. The minimum Gasteiger partial charge on any atom is -0.166 e. The fraction of sp³-hybridized carbons (Fsp3) is 0.0588. The summed E-state index contributed by atoms with van der Waals surface area (Å²) in [7, 11) is 0. The van der Waals surface area contributed by atoms with Crippen LogP contribution in [0.25, 0.3) is 22.3 Å². The maximum Gasteiger partial charge on any atom is 0.416 e. The summed E-state index contributed by atoms with van der Waals surface area (Å²) in [6.07, 6.45) is -4.32. The predicted octanol–water partition coefficient (Wildman–Crippen LogP) is 5.48. The Balaban J connectivity index is 2.14. The Labute approximate surface area is 114 Å². The largest absolute Gasteiger partial charge is 0.416 e. The van der Waals surface area contributed by atoms with Gasteiger partial charge in [-0.2, -0.15) is 13.2 Å². The number of hydrogen-bond donors (Lipinski definition) is 0. The van der Waals surface area contributed by atoms with Crippen molar-refractivity contribution in [2.75, 3.05) is 0 Å². The molecule has 3 heteroatoms. The smallest absolute Gasteiger partial charge is 0.166 e. The van der Waals surface area contributed by atoms with Crippen LogP contribution in [0.2, 0.25) is 0 Å². The third-order valence-electron chi connectivity index (χ3n) is 3.29. The Morgan fingerprint density at radius 1 is 0.600 bits per heavy atom. The van der Waals surface area contributed by atoms with Gasteiger partial charge in [0.2, 0.25) is 0 Å². The van der Waals surface area contributed by atoms with Crippen molar-refractivity contribution in [2.24, 2.45) is 0 Å². The van der Waals surface area contributed by atoms with Gasteiger partial charge < -0.3 is 0 Å². The molecular formula is C17H11F3. The molecule has 0 heterocycles. The van der Waals surface area contributed by atoms with Crippen molar-refractivity contribution in [3.8, 4) is 22.3 Å². The standard InChI is InChI=1S/C17H11F3/c18-17(19,20)14-7-4-6-13(11-14)16-10-9-12-5-2-1-3-8-15(12)16/h1-11H. The average Bonchev–Trinajstić information content (AvgIpc) is 2.67. The lowest BCUT2D eigenvalue weighted by Crippen LogP contribution is -2.04. The minimum atomic E-state index is -4.32. The number of halogens is 3. The Morgan fingerprint density at radius 3 is 2.10 bits per heavy atom. The van der Waals surface area contributed by atoms with E-state index in [-0.39, 0.29) is 0 Å². The number of alkyl halides is 3. The van der Waals surface area contributed by atoms with Gasteiger partial charge in [0.05, 0.1) is 5.56 Å². The van der Waals surface area contributed by atoms with Crippen molar-refractivity contribution >= 4 is 0 Å². The van der Waals surface area contributed by atoms with E-state index >= 15 is 0 Å². The van der Waals surface area contributed by atoms with E-state index in [9.17, 15) is 13.2 Å². The summed E-state index contributed by atoms with van der Waals surface area (Å²) in [4.78, 5) is 0. The lowest BCUT2D eigenvalue weighted by Gasteiger charge is -2.09. The molecule has 0 aliphatic heterocycles. The summed E-state index contributed by atoms with van der Waals surface area (Å²) >= 11 is 0. The topological polar surface area (TPSA) is 0 Å². The number of fused-ring (bicyclic) bond motifs is 1. The number of hydrogen-bond acceptors (Lipinski definition) is 0. The van der Waals surface area contributed by atoms with Crippen LogP contribution in [0, 0.1) is 0 Å². The van der Waals surface area contributed by atoms with Gasteiger partial charge in [-0.1, -0.05) is 54.6 Å². The zero-order valence-corrected chi connectivity index (χ0v) is 10.5. The molecule has 3 rings (SSSR count). The van der Waals surface area contributed by atoms with Gasteiger partial charge in [0.25, 0.3) is 0 Å². The highest BCUT2D eigenvalue weighted by Crippen LogP contribution is 2.37. The Hall–Kier alpha value is -2.29. The zero-order chi connectivity index (χ0) is 14.2. The summed E-state index contributed by atoms with van der Waals surface area (Å²) in [5.41, 5.74) is 2.75. The van der Waals surface area contributed by atoms with Crippen LogP contribution >= 0.6 is 0 Å². The molecule has 2 aliphatic rings. The highest BCUT2D eigenvalue weighted by Gasteiger charge is 2.30. The van der Waals surface area contributed by atoms with Crippen LogP contribution in [0.15, 0.2) is 66.7 Å². The predicted molar refractivity (Wildman–Crippen MR) is 73.5 cm³/mol. The molecule has 0 atom stereocenters. The molecule has 1 aromatic carbocycles. The molecule has 20 heavy (non-hydrogen) atoms. The van der Waals surface area contributed by atoms with Gasteiger partial charge in [0, 0.05) is 0 Å². The van der Waals surface area contributed by atoms with Crippen molar-refractivity contribution in [3.05, 3.63) is 72.3 Å². The molecule has 0 amide bonds. The molecule has 0 unspecified atom stereocenters. The van der Waals surface area contributed by atoms with Gasteiger partial charge in [-0.3, -0.25) is 0 Å². The quantitative estimate of drug-likeness (QED) is 0.550. The molecule has 0 bridgehead atoms. The molecule has 0 aromatic heterocycles. The van der Waals surface area contributed by atoms with E-state index in [1.165, 1.54) is 12.1 Å². The van der Waals surface area contributed by atoms with E-state index in [0.717, 1.165) is 22.8 Å². The average molecular weight is 272 g/mol. The van der Waals surface area contributed by atoms with Gasteiger partial charge in [0.1, 0.15) is 0 Å². The fourth-order valence-corrected chi connectivity index (χ4v) is 2.33. The monoisotopic (exact) mass is 272 g/mol. The normalized spacial score (nSPS) is 11.8. The highest BCUT2D eigenvalue weighted by atomic mass is 19.4. The van der Waals surface area contributed by atoms with Gasteiger partial charge in [-0.25, -0.2) is 0 Å². The summed E-state index contributed by atoms with van der Waals surface area (Å²) in [5, 5.41) is 0. The Bertz CT molecular complexity index is 713. The van der Waals surface area contributed by atoms with Crippen molar-refractivity contribution < 1.29 is 13.2 Å². The van der Waals surface area contributed by atoms with E-state index in [1.807, 2.05) is 42.5 Å². The van der Waals surface area contributed by atoms with Crippen LogP contribution in [0.5, 0.6) is 0 Å². The molecule has 100 valence electrons. The summed E-state index contributed by atoms with van der Waals surface area (Å²) in [6, 6.07) is 18.8. The molecule has 0 saturated carbocycles. The Kier molecular flexibility index (Phi) is 2.97. The first-order chi connectivity index (χ1) is 9.55. The first kappa shape index (κ1) is 12.7. The molecule has 2 aliphatic carbocycles. The first-order valence-corrected chi connectivity index (χ1v) is 6.21. The first-order valence-electron chi connectivity index (χ1n) is 6.21. The van der Waals surface area contributed by atoms with Crippen LogP contribution < -0.4 is 0 Å². The number of benzene rings is 1. The second-order valence-electron chi connectivity index (χ2n) is 4.61.